The van der Waals surface area contributed by atoms with Gasteiger partial charge in [-0.15, -0.1) is 11.8 Å². The Morgan fingerprint density at radius 1 is 1.27 bits per heavy atom. The first kappa shape index (κ1) is 12.6. The van der Waals surface area contributed by atoms with Gasteiger partial charge in [0.1, 0.15) is 0 Å². The van der Waals surface area contributed by atoms with Gasteiger partial charge in [0.25, 0.3) is 0 Å². The van der Waals surface area contributed by atoms with E-state index in [0.717, 1.165) is 18.3 Å². The summed E-state index contributed by atoms with van der Waals surface area (Å²) in [5.41, 5.74) is 0. The Morgan fingerprint density at radius 2 is 1.93 bits per heavy atom. The number of nitrogens with zero attached hydrogens (tertiary/aromatic N) is 1. The predicted octanol–water partition coefficient (Wildman–Crippen LogP) is 3.16. The van der Waals surface area contributed by atoms with Crippen LogP contribution in [0.15, 0.2) is 0 Å². The summed E-state index contributed by atoms with van der Waals surface area (Å²) in [6.45, 7) is 10.4. The molecule has 1 aliphatic heterocycles. The lowest BCUT2D eigenvalue weighted by Crippen LogP contribution is -2.36. The highest BCUT2D eigenvalue weighted by Gasteiger charge is 2.18. The Morgan fingerprint density at radius 3 is 2.47 bits per heavy atom. The van der Waals surface area contributed by atoms with Gasteiger partial charge in [-0.2, -0.15) is 0 Å². The lowest BCUT2D eigenvalue weighted by molar-refractivity contribution is 0.164. The summed E-state index contributed by atoms with van der Waals surface area (Å²) in [4.78, 5) is 2.62. The van der Waals surface area contributed by atoms with Crippen molar-refractivity contribution < 1.29 is 0 Å². The van der Waals surface area contributed by atoms with Crippen LogP contribution in [0.2, 0.25) is 0 Å². The normalized spacial score (nSPS) is 18.9. The van der Waals surface area contributed by atoms with Crippen molar-refractivity contribution in [1.82, 2.24) is 4.90 Å². The van der Waals surface area contributed by atoms with E-state index in [4.69, 9.17) is 0 Å². The van der Waals surface area contributed by atoms with Gasteiger partial charge in [0.05, 0.1) is 0 Å². The topological polar surface area (TPSA) is 3.24 Å². The Labute approximate surface area is 95.2 Å². The SMILES string of the molecule is CC#CCCC1CCN(CC(C)C)CC1. The van der Waals surface area contributed by atoms with Crippen LogP contribution in [-0.2, 0) is 0 Å². The maximum atomic E-state index is 3.18. The maximum Gasteiger partial charge on any atom is 0.00912 e. The van der Waals surface area contributed by atoms with E-state index in [9.17, 15) is 0 Å². The Balaban J connectivity index is 2.14. The molecule has 0 saturated carbocycles. The fourth-order valence-corrected chi connectivity index (χ4v) is 2.38. The third-order valence-corrected chi connectivity index (χ3v) is 3.18. The van der Waals surface area contributed by atoms with Crippen LogP contribution in [0.25, 0.3) is 0 Å². The molecule has 1 fully saturated rings. The number of piperidine rings is 1. The minimum atomic E-state index is 0.813. The Kier molecular flexibility index (Phi) is 5.79. The molecule has 1 rings (SSSR count). The first-order valence-corrected chi connectivity index (χ1v) is 6.34. The van der Waals surface area contributed by atoms with Gasteiger partial charge in [0, 0.05) is 13.0 Å². The minimum absolute atomic E-state index is 0.813. The minimum Gasteiger partial charge on any atom is -0.303 e. The Hall–Kier alpha value is -0.480. The van der Waals surface area contributed by atoms with Crippen molar-refractivity contribution in [2.45, 2.75) is 46.5 Å². The molecule has 0 amide bonds. The summed E-state index contributed by atoms with van der Waals surface area (Å²) >= 11 is 0. The van der Waals surface area contributed by atoms with Crippen molar-refractivity contribution in [3.8, 4) is 11.8 Å². The van der Waals surface area contributed by atoms with E-state index in [0.29, 0.717) is 0 Å². The third-order valence-electron chi connectivity index (χ3n) is 3.18. The molecule has 0 spiro atoms. The molecule has 86 valence electrons. The number of rotatable bonds is 4. The fraction of sp³-hybridized carbons (Fsp3) is 0.857. The largest absolute Gasteiger partial charge is 0.303 e. The molecule has 15 heavy (non-hydrogen) atoms. The van der Waals surface area contributed by atoms with E-state index in [-0.39, 0.29) is 0 Å². The number of hydrogen-bond donors (Lipinski definition) is 0. The van der Waals surface area contributed by atoms with Gasteiger partial charge in [-0.1, -0.05) is 13.8 Å². The van der Waals surface area contributed by atoms with Gasteiger partial charge >= 0.3 is 0 Å². The van der Waals surface area contributed by atoms with Crippen molar-refractivity contribution in [1.29, 1.82) is 0 Å². The van der Waals surface area contributed by atoms with Crippen molar-refractivity contribution in [2.24, 2.45) is 11.8 Å². The van der Waals surface area contributed by atoms with Crippen LogP contribution in [0.4, 0.5) is 0 Å². The standard InChI is InChI=1S/C14H25N/c1-4-5-6-7-14-8-10-15(11-9-14)12-13(2)3/h13-14H,6-12H2,1-3H3. The molecule has 1 saturated heterocycles. The van der Waals surface area contributed by atoms with Crippen LogP contribution in [0.1, 0.15) is 46.5 Å². The average molecular weight is 207 g/mol. The van der Waals surface area contributed by atoms with Crippen molar-refractivity contribution in [3.63, 3.8) is 0 Å². The lowest BCUT2D eigenvalue weighted by Gasteiger charge is -2.32. The molecule has 0 N–H and O–H groups in total. The van der Waals surface area contributed by atoms with Crippen molar-refractivity contribution in [3.05, 3.63) is 0 Å². The molecule has 1 aliphatic rings. The molecular formula is C14H25N. The van der Waals surface area contributed by atoms with E-state index < -0.39 is 0 Å². The van der Waals surface area contributed by atoms with Gasteiger partial charge in [-0.25, -0.2) is 0 Å². The van der Waals surface area contributed by atoms with E-state index in [2.05, 4.69) is 30.6 Å². The highest BCUT2D eigenvalue weighted by Crippen LogP contribution is 2.22. The zero-order valence-corrected chi connectivity index (χ0v) is 10.6. The maximum absolute atomic E-state index is 3.18. The molecule has 0 aliphatic carbocycles. The summed E-state index contributed by atoms with van der Waals surface area (Å²) in [6.07, 6.45) is 5.19. The summed E-state index contributed by atoms with van der Waals surface area (Å²) in [5.74, 6) is 7.91. The number of likely N-dealkylation sites (tertiary alicyclic amines) is 1. The van der Waals surface area contributed by atoms with E-state index in [1.165, 1.54) is 38.9 Å². The van der Waals surface area contributed by atoms with E-state index in [1.807, 2.05) is 6.92 Å². The molecule has 0 unspecified atom stereocenters. The summed E-state index contributed by atoms with van der Waals surface area (Å²) in [6, 6.07) is 0. The first-order valence-electron chi connectivity index (χ1n) is 6.34. The summed E-state index contributed by atoms with van der Waals surface area (Å²) < 4.78 is 0. The van der Waals surface area contributed by atoms with Gasteiger partial charge < -0.3 is 4.90 Å². The summed E-state index contributed by atoms with van der Waals surface area (Å²) in [7, 11) is 0. The molecule has 0 bridgehead atoms. The van der Waals surface area contributed by atoms with E-state index >= 15 is 0 Å². The van der Waals surface area contributed by atoms with Crippen molar-refractivity contribution >= 4 is 0 Å². The van der Waals surface area contributed by atoms with Gasteiger partial charge in [-0.3, -0.25) is 0 Å². The molecule has 0 radical (unpaired) electrons. The average Bonchev–Trinajstić information content (AvgIpc) is 2.20. The Bertz CT molecular complexity index is 213. The van der Waals surface area contributed by atoms with Gasteiger partial charge in [-0.05, 0) is 51.1 Å². The predicted molar refractivity (Wildman–Crippen MR) is 66.7 cm³/mol. The van der Waals surface area contributed by atoms with Crippen molar-refractivity contribution in [2.75, 3.05) is 19.6 Å². The van der Waals surface area contributed by atoms with Crippen LogP contribution in [0.3, 0.4) is 0 Å². The first-order chi connectivity index (χ1) is 7.22. The molecule has 0 aromatic carbocycles. The second kappa shape index (κ2) is 6.90. The summed E-state index contributed by atoms with van der Waals surface area (Å²) in [5, 5.41) is 0. The molecule has 1 heterocycles. The van der Waals surface area contributed by atoms with Crippen LogP contribution in [0, 0.1) is 23.7 Å². The van der Waals surface area contributed by atoms with Gasteiger partial charge in [0.2, 0.25) is 0 Å². The molecule has 0 aromatic heterocycles. The van der Waals surface area contributed by atoms with Crippen LogP contribution < -0.4 is 0 Å². The molecule has 0 atom stereocenters. The second-order valence-corrected chi connectivity index (χ2v) is 5.10. The zero-order valence-electron chi connectivity index (χ0n) is 10.6. The monoisotopic (exact) mass is 207 g/mol. The smallest absolute Gasteiger partial charge is 0.00912 e. The van der Waals surface area contributed by atoms with Gasteiger partial charge in [0.15, 0.2) is 0 Å². The molecule has 1 heteroatoms. The zero-order chi connectivity index (χ0) is 11.1. The molecule has 0 aromatic rings. The quantitative estimate of drug-likeness (QED) is 0.640. The molecular weight excluding hydrogens is 182 g/mol. The number of hydrogen-bond acceptors (Lipinski definition) is 1. The lowest BCUT2D eigenvalue weighted by atomic mass is 9.92. The second-order valence-electron chi connectivity index (χ2n) is 5.10. The van der Waals surface area contributed by atoms with Crippen LogP contribution in [-0.4, -0.2) is 24.5 Å². The third kappa shape index (κ3) is 5.23. The van der Waals surface area contributed by atoms with Crippen LogP contribution in [0.5, 0.6) is 0 Å². The fourth-order valence-electron chi connectivity index (χ4n) is 2.38. The van der Waals surface area contributed by atoms with Crippen LogP contribution >= 0.6 is 0 Å². The van der Waals surface area contributed by atoms with E-state index in [1.54, 1.807) is 0 Å². The highest BCUT2D eigenvalue weighted by atomic mass is 15.1. The highest BCUT2D eigenvalue weighted by molar-refractivity contribution is 4.95. The molecule has 1 nitrogen and oxygen atoms in total.